The number of carbonyl (C=O) groups is 2. The van der Waals surface area contributed by atoms with Crippen molar-refractivity contribution in [1.82, 2.24) is 5.32 Å². The summed E-state index contributed by atoms with van der Waals surface area (Å²) in [6.45, 7) is 3.61. The summed E-state index contributed by atoms with van der Waals surface area (Å²) in [5.41, 5.74) is 0. The second-order valence-corrected chi connectivity index (χ2v) is 10.2. The van der Waals surface area contributed by atoms with Crippen molar-refractivity contribution in [1.29, 1.82) is 0 Å². The number of halogens is 1. The molecular formula is C31H55BrN2O6. The van der Waals surface area contributed by atoms with Crippen LogP contribution < -0.4 is 26.9 Å². The summed E-state index contributed by atoms with van der Waals surface area (Å²) in [6, 6.07) is 5.72. The Morgan fingerprint density at radius 1 is 0.700 bits per heavy atom. The maximum atomic E-state index is 11.9. The Bertz CT molecular complexity index is 710. The van der Waals surface area contributed by atoms with Crippen LogP contribution in [0.25, 0.3) is 0 Å². The van der Waals surface area contributed by atoms with Crippen molar-refractivity contribution in [2.24, 2.45) is 0 Å². The first-order valence-corrected chi connectivity index (χ1v) is 15.4. The standard InChI is InChI=1S/C31H54N2O6.BrH/c1-3-4-5-6-7-8-9-10-11-12-13-14-15-16-17-21-25-36-27-29(39-30(34)32-2)28-38-31(35)37-26-24-33-22-19-18-20-23-33;/h18-20,22-23,29H,3-17,21,24-28H2,1-2H3;1H. The third-order valence-corrected chi connectivity index (χ3v) is 6.66. The van der Waals surface area contributed by atoms with Gasteiger partial charge in [0.25, 0.3) is 0 Å². The molecule has 1 aromatic heterocycles. The first kappa shape index (κ1) is 38.1. The number of amides is 1. The van der Waals surface area contributed by atoms with Crippen molar-refractivity contribution in [3.63, 3.8) is 0 Å². The summed E-state index contributed by atoms with van der Waals surface area (Å²) in [4.78, 5) is 23.5. The average Bonchev–Trinajstić information content (AvgIpc) is 2.95. The molecule has 8 nitrogen and oxygen atoms in total. The summed E-state index contributed by atoms with van der Waals surface area (Å²) in [5.74, 6) is 0. The fraction of sp³-hybridized carbons (Fsp3) is 0.774. The van der Waals surface area contributed by atoms with Gasteiger partial charge < -0.3 is 41.2 Å². The molecule has 0 aliphatic rings. The molecule has 40 heavy (non-hydrogen) atoms. The van der Waals surface area contributed by atoms with E-state index in [4.69, 9.17) is 18.9 Å². The zero-order chi connectivity index (χ0) is 28.2. The topological polar surface area (TPSA) is 87.0 Å². The van der Waals surface area contributed by atoms with E-state index in [1.165, 1.54) is 96.9 Å². The number of nitrogens with one attached hydrogen (secondary N) is 1. The first-order chi connectivity index (χ1) is 19.2. The molecule has 0 spiro atoms. The Hall–Kier alpha value is -1.87. The number of pyridine rings is 1. The Labute approximate surface area is 253 Å². The predicted molar refractivity (Wildman–Crippen MR) is 154 cm³/mol. The van der Waals surface area contributed by atoms with Crippen molar-refractivity contribution in [3.05, 3.63) is 30.6 Å². The van der Waals surface area contributed by atoms with Crippen LogP contribution in [0.5, 0.6) is 0 Å². The van der Waals surface area contributed by atoms with Crippen molar-refractivity contribution in [2.75, 3.05) is 33.5 Å². The van der Waals surface area contributed by atoms with Gasteiger partial charge in [-0.1, -0.05) is 109 Å². The van der Waals surface area contributed by atoms with Gasteiger partial charge >= 0.3 is 12.2 Å². The number of unbranched alkanes of at least 4 members (excludes halogenated alkanes) is 15. The van der Waals surface area contributed by atoms with Crippen LogP contribution >= 0.6 is 0 Å². The van der Waals surface area contributed by atoms with Crippen LogP contribution in [0.2, 0.25) is 0 Å². The molecule has 1 rings (SSSR count). The van der Waals surface area contributed by atoms with E-state index in [0.717, 1.165) is 12.8 Å². The van der Waals surface area contributed by atoms with Crippen molar-refractivity contribution in [3.8, 4) is 0 Å². The number of hydrogen-bond donors (Lipinski definition) is 1. The van der Waals surface area contributed by atoms with Gasteiger partial charge in [-0.2, -0.15) is 0 Å². The van der Waals surface area contributed by atoms with Crippen LogP contribution in [-0.2, 0) is 25.5 Å². The summed E-state index contributed by atoms with van der Waals surface area (Å²) >= 11 is 0. The molecule has 1 atom stereocenters. The lowest BCUT2D eigenvalue weighted by Crippen LogP contribution is -3.00. The van der Waals surface area contributed by atoms with E-state index < -0.39 is 18.4 Å². The summed E-state index contributed by atoms with van der Waals surface area (Å²) in [6.07, 6.45) is 22.9. The molecule has 0 aliphatic carbocycles. The molecule has 0 bridgehead atoms. The van der Waals surface area contributed by atoms with Crippen molar-refractivity contribution in [2.45, 2.75) is 122 Å². The fourth-order valence-electron chi connectivity index (χ4n) is 4.31. The molecule has 1 N–H and O–H groups in total. The molecule has 1 unspecified atom stereocenters. The molecule has 0 aliphatic heterocycles. The maximum Gasteiger partial charge on any atom is 0.508 e. The molecule has 1 aromatic rings. The number of rotatable bonds is 25. The number of aromatic nitrogens is 1. The minimum atomic E-state index is -0.796. The molecule has 1 heterocycles. The molecule has 0 fully saturated rings. The van der Waals surface area contributed by atoms with Crippen LogP contribution in [0.1, 0.15) is 110 Å². The third kappa shape index (κ3) is 24.0. The molecule has 1 amide bonds. The van der Waals surface area contributed by atoms with Crippen molar-refractivity contribution >= 4 is 12.2 Å². The minimum Gasteiger partial charge on any atom is -1.00 e. The Balaban J connectivity index is 0.0000152. The van der Waals surface area contributed by atoms with Crippen LogP contribution in [0.15, 0.2) is 30.6 Å². The van der Waals surface area contributed by atoms with Crippen LogP contribution in [-0.4, -0.2) is 51.8 Å². The SMILES string of the molecule is CCCCCCCCCCCCCCCCCCOCC(COC(=O)OCC[n+]1ccccc1)OC(=O)NC.[Br-]. The first-order valence-electron chi connectivity index (χ1n) is 15.4. The van der Waals surface area contributed by atoms with E-state index >= 15 is 0 Å². The monoisotopic (exact) mass is 630 g/mol. The maximum absolute atomic E-state index is 11.9. The molecule has 0 aromatic carbocycles. The highest BCUT2D eigenvalue weighted by atomic mass is 79.9. The fourth-order valence-corrected chi connectivity index (χ4v) is 4.31. The molecule has 0 saturated carbocycles. The zero-order valence-electron chi connectivity index (χ0n) is 25.1. The average molecular weight is 632 g/mol. The second-order valence-electron chi connectivity index (χ2n) is 10.2. The third-order valence-electron chi connectivity index (χ3n) is 6.66. The van der Waals surface area contributed by atoms with Gasteiger partial charge in [-0.3, -0.25) is 0 Å². The predicted octanol–water partition coefficient (Wildman–Crippen LogP) is 4.13. The van der Waals surface area contributed by atoms with E-state index in [-0.39, 0.29) is 36.8 Å². The van der Waals surface area contributed by atoms with Gasteiger partial charge in [-0.25, -0.2) is 14.2 Å². The second kappa shape index (κ2) is 28.7. The lowest BCUT2D eigenvalue weighted by Gasteiger charge is -2.17. The largest absolute Gasteiger partial charge is 1.00 e. The molecule has 9 heteroatoms. The molecule has 232 valence electrons. The van der Waals surface area contributed by atoms with Gasteiger partial charge in [-0.05, 0) is 6.42 Å². The van der Waals surface area contributed by atoms with E-state index in [9.17, 15) is 9.59 Å². The van der Waals surface area contributed by atoms with Crippen LogP contribution in [0, 0.1) is 0 Å². The number of alkyl carbamates (subject to hydrolysis) is 1. The summed E-state index contributed by atoms with van der Waals surface area (Å²) < 4.78 is 23.0. The lowest BCUT2D eigenvalue weighted by molar-refractivity contribution is -0.698. The highest BCUT2D eigenvalue weighted by Gasteiger charge is 2.17. The van der Waals surface area contributed by atoms with Crippen LogP contribution in [0.4, 0.5) is 9.59 Å². The highest BCUT2D eigenvalue weighted by molar-refractivity contribution is 5.67. The molecule has 0 radical (unpaired) electrons. The summed E-state index contributed by atoms with van der Waals surface area (Å²) in [7, 11) is 1.48. The van der Waals surface area contributed by atoms with E-state index in [0.29, 0.717) is 13.2 Å². The van der Waals surface area contributed by atoms with Gasteiger partial charge in [0, 0.05) is 25.8 Å². The van der Waals surface area contributed by atoms with Gasteiger partial charge in [-0.15, -0.1) is 0 Å². The summed E-state index contributed by atoms with van der Waals surface area (Å²) in [5, 5.41) is 2.40. The quantitative estimate of drug-likeness (QED) is 0.0993. The van der Waals surface area contributed by atoms with Gasteiger partial charge in [0.05, 0.1) is 6.61 Å². The minimum absolute atomic E-state index is 0. The zero-order valence-corrected chi connectivity index (χ0v) is 26.7. The van der Waals surface area contributed by atoms with Gasteiger partial charge in [0.15, 0.2) is 31.6 Å². The normalized spacial score (nSPS) is 11.3. The molecular weight excluding hydrogens is 576 g/mol. The lowest BCUT2D eigenvalue weighted by atomic mass is 10.0. The number of ether oxygens (including phenoxy) is 4. The van der Waals surface area contributed by atoms with E-state index in [1.54, 1.807) is 0 Å². The van der Waals surface area contributed by atoms with E-state index in [1.807, 2.05) is 35.2 Å². The number of carbonyl (C=O) groups excluding carboxylic acids is 2. The smallest absolute Gasteiger partial charge is 0.508 e. The molecule has 0 saturated heterocycles. The Morgan fingerprint density at radius 3 is 1.75 bits per heavy atom. The number of nitrogens with zero attached hydrogens (tertiary/aromatic N) is 1. The van der Waals surface area contributed by atoms with Crippen molar-refractivity contribution < 1.29 is 50.1 Å². The Morgan fingerprint density at radius 2 is 1.23 bits per heavy atom. The van der Waals surface area contributed by atoms with E-state index in [2.05, 4.69) is 12.2 Å². The highest BCUT2D eigenvalue weighted by Crippen LogP contribution is 2.13. The van der Waals surface area contributed by atoms with Gasteiger partial charge in [0.2, 0.25) is 0 Å². The Kier molecular flexibility index (Phi) is 27.3. The van der Waals surface area contributed by atoms with Gasteiger partial charge in [0.1, 0.15) is 6.61 Å². The number of hydrogen-bond acceptors (Lipinski definition) is 6. The van der Waals surface area contributed by atoms with Crippen LogP contribution in [0.3, 0.4) is 0 Å².